The van der Waals surface area contributed by atoms with Crippen molar-refractivity contribution in [3.8, 4) is 6.07 Å². The second kappa shape index (κ2) is 9.75. The quantitative estimate of drug-likeness (QED) is 0.410. The number of ether oxygens (including phenoxy) is 2. The standard InChI is InChI=1S/C22H31N3O4/c1-6-9-22(4,21(27)28-5)24-20(26)18(13-23)12-17-11-15(2)25(16(17)3)14-19-8-7-10-29-19/h11-12,19H,6-10,14H2,1-5H3,(H,24,26)/b18-12+. The maximum atomic E-state index is 12.7. The van der Waals surface area contributed by atoms with E-state index in [0.717, 1.165) is 42.9 Å². The zero-order chi connectivity index (χ0) is 21.6. The zero-order valence-electron chi connectivity index (χ0n) is 18.0. The number of rotatable bonds is 8. The number of carbonyl (C=O) groups excluding carboxylic acids is 2. The average molecular weight is 402 g/mol. The van der Waals surface area contributed by atoms with E-state index in [1.165, 1.54) is 7.11 Å². The van der Waals surface area contributed by atoms with Crippen LogP contribution in [0.5, 0.6) is 0 Å². The minimum atomic E-state index is -1.17. The number of hydrogen-bond donors (Lipinski definition) is 1. The van der Waals surface area contributed by atoms with Crippen molar-refractivity contribution < 1.29 is 19.1 Å². The third-order valence-electron chi connectivity index (χ3n) is 5.46. The molecule has 1 N–H and O–H groups in total. The van der Waals surface area contributed by atoms with E-state index in [1.54, 1.807) is 13.0 Å². The van der Waals surface area contributed by atoms with Crippen molar-refractivity contribution in [1.29, 1.82) is 5.26 Å². The molecule has 1 amide bonds. The van der Waals surface area contributed by atoms with Gasteiger partial charge in [0.2, 0.25) is 0 Å². The van der Waals surface area contributed by atoms with Gasteiger partial charge in [0, 0.05) is 24.5 Å². The first-order valence-electron chi connectivity index (χ1n) is 10.1. The topological polar surface area (TPSA) is 93.4 Å². The van der Waals surface area contributed by atoms with E-state index in [2.05, 4.69) is 9.88 Å². The summed E-state index contributed by atoms with van der Waals surface area (Å²) in [6.45, 7) is 9.06. The molecular weight excluding hydrogens is 370 g/mol. The molecule has 158 valence electrons. The van der Waals surface area contributed by atoms with Crippen molar-refractivity contribution in [2.75, 3.05) is 13.7 Å². The summed E-state index contributed by atoms with van der Waals surface area (Å²) in [4.78, 5) is 24.9. The molecule has 0 aromatic carbocycles. The number of hydrogen-bond acceptors (Lipinski definition) is 5. The lowest BCUT2D eigenvalue weighted by Gasteiger charge is -2.27. The van der Waals surface area contributed by atoms with Gasteiger partial charge in [0.1, 0.15) is 17.2 Å². The molecule has 2 heterocycles. The molecule has 1 aromatic heterocycles. The van der Waals surface area contributed by atoms with Gasteiger partial charge in [0.15, 0.2) is 0 Å². The van der Waals surface area contributed by atoms with Crippen LogP contribution in [-0.2, 0) is 25.6 Å². The lowest BCUT2D eigenvalue weighted by Crippen LogP contribution is -2.53. The summed E-state index contributed by atoms with van der Waals surface area (Å²) in [5.41, 5.74) is 1.61. The lowest BCUT2D eigenvalue weighted by molar-refractivity contribution is -0.150. The summed E-state index contributed by atoms with van der Waals surface area (Å²) in [6, 6.07) is 3.92. The van der Waals surface area contributed by atoms with E-state index in [-0.39, 0.29) is 11.7 Å². The first-order chi connectivity index (χ1) is 13.8. The number of amides is 1. The van der Waals surface area contributed by atoms with Crippen molar-refractivity contribution in [1.82, 2.24) is 9.88 Å². The summed E-state index contributed by atoms with van der Waals surface area (Å²) in [5.74, 6) is -1.11. The van der Waals surface area contributed by atoms with Crippen LogP contribution in [-0.4, -0.2) is 41.8 Å². The van der Waals surface area contributed by atoms with Crippen LogP contribution < -0.4 is 5.32 Å². The van der Waals surface area contributed by atoms with Gasteiger partial charge in [-0.2, -0.15) is 5.26 Å². The van der Waals surface area contributed by atoms with E-state index in [4.69, 9.17) is 9.47 Å². The Morgan fingerprint density at radius 2 is 2.21 bits per heavy atom. The number of nitrogens with zero attached hydrogens (tertiary/aromatic N) is 2. The number of aromatic nitrogens is 1. The molecule has 7 heteroatoms. The second-order valence-corrected chi connectivity index (χ2v) is 7.77. The number of aryl methyl sites for hydroxylation is 1. The molecule has 2 rings (SSSR count). The molecule has 1 aliphatic heterocycles. The highest BCUT2D eigenvalue weighted by Crippen LogP contribution is 2.22. The smallest absolute Gasteiger partial charge is 0.331 e. The molecule has 1 aromatic rings. The van der Waals surface area contributed by atoms with Gasteiger partial charge in [-0.25, -0.2) is 4.79 Å². The number of methoxy groups -OCH3 is 1. The summed E-state index contributed by atoms with van der Waals surface area (Å²) >= 11 is 0. The fourth-order valence-electron chi connectivity index (χ4n) is 3.81. The third-order valence-corrected chi connectivity index (χ3v) is 5.46. The van der Waals surface area contributed by atoms with E-state index in [0.29, 0.717) is 12.8 Å². The predicted molar refractivity (Wildman–Crippen MR) is 110 cm³/mol. The molecule has 0 saturated carbocycles. The molecule has 0 spiro atoms. The Balaban J connectivity index is 2.25. The van der Waals surface area contributed by atoms with Crippen LogP contribution in [0.1, 0.15) is 56.5 Å². The van der Waals surface area contributed by atoms with Gasteiger partial charge in [-0.15, -0.1) is 0 Å². The highest BCUT2D eigenvalue weighted by molar-refractivity contribution is 6.04. The molecule has 0 bridgehead atoms. The Morgan fingerprint density at radius 3 is 2.76 bits per heavy atom. The maximum absolute atomic E-state index is 12.7. The monoisotopic (exact) mass is 401 g/mol. The normalized spacial score (nSPS) is 18.8. The van der Waals surface area contributed by atoms with Gasteiger partial charge in [-0.1, -0.05) is 13.3 Å². The Hall–Kier alpha value is -2.59. The Labute approximate surface area is 172 Å². The zero-order valence-corrected chi connectivity index (χ0v) is 18.0. The minimum Gasteiger partial charge on any atom is -0.467 e. The third kappa shape index (κ3) is 5.27. The maximum Gasteiger partial charge on any atom is 0.331 e. The van der Waals surface area contributed by atoms with Crippen LogP contribution in [0.25, 0.3) is 6.08 Å². The second-order valence-electron chi connectivity index (χ2n) is 7.77. The molecule has 1 aliphatic rings. The van der Waals surface area contributed by atoms with Crippen molar-refractivity contribution in [2.45, 2.75) is 71.6 Å². The van der Waals surface area contributed by atoms with Gasteiger partial charge in [-0.3, -0.25) is 4.79 Å². The van der Waals surface area contributed by atoms with Crippen molar-refractivity contribution in [2.24, 2.45) is 0 Å². The van der Waals surface area contributed by atoms with Gasteiger partial charge >= 0.3 is 5.97 Å². The average Bonchev–Trinajstić information content (AvgIpc) is 3.29. The van der Waals surface area contributed by atoms with E-state index in [9.17, 15) is 14.9 Å². The van der Waals surface area contributed by atoms with Crippen LogP contribution >= 0.6 is 0 Å². The Morgan fingerprint density at radius 1 is 1.48 bits per heavy atom. The van der Waals surface area contributed by atoms with Gasteiger partial charge < -0.3 is 19.4 Å². The molecule has 29 heavy (non-hydrogen) atoms. The van der Waals surface area contributed by atoms with Crippen LogP contribution in [0.4, 0.5) is 0 Å². The van der Waals surface area contributed by atoms with Crippen LogP contribution in [0.2, 0.25) is 0 Å². The molecule has 2 atom stereocenters. The first kappa shape index (κ1) is 22.7. The summed E-state index contributed by atoms with van der Waals surface area (Å²) in [6.07, 6.45) is 4.99. The van der Waals surface area contributed by atoms with Gasteiger partial charge in [0.25, 0.3) is 5.91 Å². The van der Waals surface area contributed by atoms with Gasteiger partial charge in [0.05, 0.1) is 13.2 Å². The fraction of sp³-hybridized carbons (Fsp3) is 0.591. The van der Waals surface area contributed by atoms with Crippen molar-refractivity contribution in [3.05, 3.63) is 28.6 Å². The number of nitrogens with one attached hydrogen (secondary N) is 1. The Bertz CT molecular complexity index is 828. The van der Waals surface area contributed by atoms with Crippen LogP contribution in [0.15, 0.2) is 11.6 Å². The summed E-state index contributed by atoms with van der Waals surface area (Å²) in [5, 5.41) is 12.2. The number of carbonyl (C=O) groups is 2. The van der Waals surface area contributed by atoms with Gasteiger partial charge in [-0.05, 0) is 57.7 Å². The fourth-order valence-corrected chi connectivity index (χ4v) is 3.81. The SMILES string of the molecule is CCCC(C)(NC(=O)/C(C#N)=C/c1cc(C)n(CC2CCCO2)c1C)C(=O)OC. The molecular formula is C22H31N3O4. The van der Waals surface area contributed by atoms with E-state index in [1.807, 2.05) is 32.9 Å². The number of esters is 1. The minimum absolute atomic E-state index is 0.0476. The molecule has 1 fully saturated rings. The molecule has 0 aliphatic carbocycles. The Kier molecular flexibility index (Phi) is 7.63. The molecule has 0 radical (unpaired) electrons. The number of nitriles is 1. The van der Waals surface area contributed by atoms with Crippen molar-refractivity contribution in [3.63, 3.8) is 0 Å². The summed E-state index contributed by atoms with van der Waals surface area (Å²) < 4.78 is 12.7. The molecule has 1 saturated heterocycles. The molecule has 7 nitrogen and oxygen atoms in total. The van der Waals surface area contributed by atoms with E-state index < -0.39 is 17.4 Å². The molecule has 2 unspecified atom stereocenters. The predicted octanol–water partition coefficient (Wildman–Crippen LogP) is 3.04. The highest BCUT2D eigenvalue weighted by Gasteiger charge is 2.36. The van der Waals surface area contributed by atoms with Crippen molar-refractivity contribution >= 4 is 18.0 Å². The van der Waals surface area contributed by atoms with Crippen LogP contribution in [0.3, 0.4) is 0 Å². The lowest BCUT2D eigenvalue weighted by atomic mass is 9.95. The largest absolute Gasteiger partial charge is 0.467 e. The van der Waals surface area contributed by atoms with Crippen LogP contribution in [0, 0.1) is 25.2 Å². The highest BCUT2D eigenvalue weighted by atomic mass is 16.5. The first-order valence-corrected chi connectivity index (χ1v) is 10.1. The summed E-state index contributed by atoms with van der Waals surface area (Å²) in [7, 11) is 1.28. The van der Waals surface area contributed by atoms with E-state index >= 15 is 0 Å².